The van der Waals surface area contributed by atoms with Crippen molar-refractivity contribution < 1.29 is 9.47 Å². The molecule has 0 aliphatic rings. The molecule has 0 atom stereocenters. The number of hydrogen-bond donors (Lipinski definition) is 1. The average Bonchev–Trinajstić information content (AvgIpc) is 2.31. The van der Waals surface area contributed by atoms with E-state index in [1.165, 1.54) is 5.56 Å². The molecule has 1 aromatic rings. The van der Waals surface area contributed by atoms with Crippen LogP contribution in [-0.4, -0.2) is 26.9 Å². The topological polar surface area (TPSA) is 30.5 Å². The molecule has 0 unspecified atom stereocenters. The summed E-state index contributed by atoms with van der Waals surface area (Å²) in [5, 5.41) is 3.11. The van der Waals surface area contributed by atoms with Crippen LogP contribution in [0.5, 0.6) is 5.75 Å². The Labute approximate surface area is 104 Å². The van der Waals surface area contributed by atoms with Crippen molar-refractivity contribution in [2.45, 2.75) is 20.4 Å². The third-order valence-corrected chi connectivity index (χ3v) is 2.25. The minimum Gasteiger partial charge on any atom is -0.491 e. The van der Waals surface area contributed by atoms with Gasteiger partial charge in [-0.1, -0.05) is 26.0 Å². The van der Waals surface area contributed by atoms with Crippen LogP contribution >= 0.6 is 0 Å². The lowest BCUT2D eigenvalue weighted by atomic mass is 10.2. The first-order valence-electron chi connectivity index (χ1n) is 6.16. The van der Waals surface area contributed by atoms with Crippen molar-refractivity contribution in [3.63, 3.8) is 0 Å². The second-order valence-electron chi connectivity index (χ2n) is 4.49. The molecule has 0 spiro atoms. The molecule has 1 aromatic carbocycles. The average molecular weight is 237 g/mol. The highest BCUT2D eigenvalue weighted by molar-refractivity contribution is 5.27. The van der Waals surface area contributed by atoms with Gasteiger partial charge in [0.25, 0.3) is 0 Å². The maximum atomic E-state index is 5.58. The molecule has 0 heterocycles. The first-order valence-corrected chi connectivity index (χ1v) is 6.16. The van der Waals surface area contributed by atoms with Gasteiger partial charge in [0, 0.05) is 13.2 Å². The van der Waals surface area contributed by atoms with Crippen LogP contribution in [0.15, 0.2) is 24.3 Å². The van der Waals surface area contributed by atoms with Crippen molar-refractivity contribution in [1.29, 1.82) is 0 Å². The van der Waals surface area contributed by atoms with Gasteiger partial charge in [-0.3, -0.25) is 0 Å². The fourth-order valence-electron chi connectivity index (χ4n) is 1.45. The lowest BCUT2D eigenvalue weighted by Gasteiger charge is -2.09. The van der Waals surface area contributed by atoms with E-state index in [0.29, 0.717) is 19.1 Å². The van der Waals surface area contributed by atoms with Crippen molar-refractivity contribution in [2.24, 2.45) is 5.92 Å². The maximum Gasteiger partial charge on any atom is 0.119 e. The SMILES string of the molecule is CNCc1ccc(OCCOCC(C)C)cc1. The summed E-state index contributed by atoms with van der Waals surface area (Å²) in [6.07, 6.45) is 0. The Hall–Kier alpha value is -1.06. The van der Waals surface area contributed by atoms with Crippen LogP contribution in [0.25, 0.3) is 0 Å². The van der Waals surface area contributed by atoms with Crippen molar-refractivity contribution in [3.05, 3.63) is 29.8 Å². The lowest BCUT2D eigenvalue weighted by molar-refractivity contribution is 0.0819. The maximum absolute atomic E-state index is 5.58. The summed E-state index contributed by atoms with van der Waals surface area (Å²) < 4.78 is 11.0. The number of benzene rings is 1. The van der Waals surface area contributed by atoms with Gasteiger partial charge in [-0.15, -0.1) is 0 Å². The Balaban J connectivity index is 2.18. The Kier molecular flexibility index (Phi) is 6.67. The van der Waals surface area contributed by atoms with Crippen molar-refractivity contribution in [1.82, 2.24) is 5.32 Å². The smallest absolute Gasteiger partial charge is 0.119 e. The second-order valence-corrected chi connectivity index (χ2v) is 4.49. The molecule has 3 heteroatoms. The molecule has 0 saturated heterocycles. The van der Waals surface area contributed by atoms with E-state index in [4.69, 9.17) is 9.47 Å². The highest BCUT2D eigenvalue weighted by Crippen LogP contribution is 2.11. The van der Waals surface area contributed by atoms with Crippen LogP contribution in [0.3, 0.4) is 0 Å². The zero-order valence-electron chi connectivity index (χ0n) is 11.0. The summed E-state index contributed by atoms with van der Waals surface area (Å²) in [5.74, 6) is 1.48. The van der Waals surface area contributed by atoms with Crippen LogP contribution in [0.1, 0.15) is 19.4 Å². The number of ether oxygens (including phenoxy) is 2. The van der Waals surface area contributed by atoms with Gasteiger partial charge in [-0.2, -0.15) is 0 Å². The minimum atomic E-state index is 0.579. The van der Waals surface area contributed by atoms with E-state index in [-0.39, 0.29) is 0 Å². The molecule has 1 rings (SSSR count). The van der Waals surface area contributed by atoms with Gasteiger partial charge in [-0.05, 0) is 30.7 Å². The van der Waals surface area contributed by atoms with Gasteiger partial charge in [0.05, 0.1) is 6.61 Å². The van der Waals surface area contributed by atoms with E-state index >= 15 is 0 Å². The normalized spacial score (nSPS) is 10.8. The molecule has 3 nitrogen and oxygen atoms in total. The standard InChI is InChI=1S/C14H23NO2/c1-12(2)11-16-8-9-17-14-6-4-13(5-7-14)10-15-3/h4-7,12,15H,8-11H2,1-3H3. The molecule has 0 saturated carbocycles. The summed E-state index contributed by atoms with van der Waals surface area (Å²) in [6.45, 7) is 7.22. The Morgan fingerprint density at radius 1 is 1.12 bits per heavy atom. The minimum absolute atomic E-state index is 0.579. The van der Waals surface area contributed by atoms with Gasteiger partial charge in [0.1, 0.15) is 12.4 Å². The van der Waals surface area contributed by atoms with E-state index in [0.717, 1.165) is 18.9 Å². The lowest BCUT2D eigenvalue weighted by Crippen LogP contribution is -2.10. The van der Waals surface area contributed by atoms with Crippen LogP contribution in [0, 0.1) is 5.92 Å². The molecule has 0 bridgehead atoms. The number of rotatable bonds is 8. The van der Waals surface area contributed by atoms with Crippen molar-refractivity contribution in [2.75, 3.05) is 26.9 Å². The van der Waals surface area contributed by atoms with E-state index in [1.807, 2.05) is 19.2 Å². The van der Waals surface area contributed by atoms with Gasteiger partial charge < -0.3 is 14.8 Å². The van der Waals surface area contributed by atoms with E-state index in [2.05, 4.69) is 31.3 Å². The Morgan fingerprint density at radius 2 is 1.82 bits per heavy atom. The van der Waals surface area contributed by atoms with Gasteiger partial charge in [-0.25, -0.2) is 0 Å². The molecule has 17 heavy (non-hydrogen) atoms. The van der Waals surface area contributed by atoms with Crippen molar-refractivity contribution >= 4 is 0 Å². The van der Waals surface area contributed by atoms with Crippen LogP contribution < -0.4 is 10.1 Å². The third kappa shape index (κ3) is 6.29. The monoisotopic (exact) mass is 237 g/mol. The molecular weight excluding hydrogens is 214 g/mol. The summed E-state index contributed by atoms with van der Waals surface area (Å²) in [5.41, 5.74) is 1.26. The molecular formula is C14H23NO2. The zero-order valence-corrected chi connectivity index (χ0v) is 11.0. The number of nitrogens with one attached hydrogen (secondary N) is 1. The molecule has 0 aliphatic carbocycles. The van der Waals surface area contributed by atoms with Crippen molar-refractivity contribution in [3.8, 4) is 5.75 Å². The Bertz CT molecular complexity index is 296. The number of hydrogen-bond acceptors (Lipinski definition) is 3. The molecule has 0 aliphatic heterocycles. The van der Waals surface area contributed by atoms with Gasteiger partial charge in [0.15, 0.2) is 0 Å². The fourth-order valence-corrected chi connectivity index (χ4v) is 1.45. The zero-order chi connectivity index (χ0) is 12.5. The van der Waals surface area contributed by atoms with Gasteiger partial charge >= 0.3 is 0 Å². The Morgan fingerprint density at radius 3 is 2.41 bits per heavy atom. The third-order valence-electron chi connectivity index (χ3n) is 2.25. The fraction of sp³-hybridized carbons (Fsp3) is 0.571. The highest BCUT2D eigenvalue weighted by atomic mass is 16.5. The molecule has 1 N–H and O–H groups in total. The predicted molar refractivity (Wildman–Crippen MR) is 70.4 cm³/mol. The van der Waals surface area contributed by atoms with Crippen LogP contribution in [0.4, 0.5) is 0 Å². The first kappa shape index (κ1) is 14.0. The largest absolute Gasteiger partial charge is 0.491 e. The molecule has 0 aromatic heterocycles. The van der Waals surface area contributed by atoms with Crippen LogP contribution in [0.2, 0.25) is 0 Å². The van der Waals surface area contributed by atoms with Crippen LogP contribution in [-0.2, 0) is 11.3 Å². The van der Waals surface area contributed by atoms with E-state index in [9.17, 15) is 0 Å². The highest BCUT2D eigenvalue weighted by Gasteiger charge is 1.96. The van der Waals surface area contributed by atoms with Gasteiger partial charge in [0.2, 0.25) is 0 Å². The molecule has 0 radical (unpaired) electrons. The summed E-state index contributed by atoms with van der Waals surface area (Å²) in [7, 11) is 1.94. The second kappa shape index (κ2) is 8.09. The summed E-state index contributed by atoms with van der Waals surface area (Å²) in [4.78, 5) is 0. The molecule has 0 amide bonds. The molecule has 96 valence electrons. The summed E-state index contributed by atoms with van der Waals surface area (Å²) in [6, 6.07) is 8.13. The predicted octanol–water partition coefficient (Wildman–Crippen LogP) is 2.46. The quantitative estimate of drug-likeness (QED) is 0.704. The van der Waals surface area contributed by atoms with E-state index in [1.54, 1.807) is 0 Å². The first-order chi connectivity index (χ1) is 8.22. The molecule has 0 fully saturated rings. The summed E-state index contributed by atoms with van der Waals surface area (Å²) >= 11 is 0. The van der Waals surface area contributed by atoms with E-state index < -0.39 is 0 Å².